The van der Waals surface area contributed by atoms with Crippen LogP contribution in [0.5, 0.6) is 0 Å². The van der Waals surface area contributed by atoms with E-state index in [1.54, 1.807) is 36.1 Å². The molecule has 1 aliphatic rings. The fourth-order valence-corrected chi connectivity index (χ4v) is 2.41. The van der Waals surface area contributed by atoms with Gasteiger partial charge in [-0.1, -0.05) is 0 Å². The van der Waals surface area contributed by atoms with Gasteiger partial charge in [0.15, 0.2) is 0 Å². The lowest BCUT2D eigenvalue weighted by Crippen LogP contribution is -2.37. The van der Waals surface area contributed by atoms with E-state index in [0.717, 1.165) is 0 Å². The van der Waals surface area contributed by atoms with Gasteiger partial charge >= 0.3 is 5.97 Å². The molecule has 19 heavy (non-hydrogen) atoms. The van der Waals surface area contributed by atoms with Gasteiger partial charge in [-0.15, -0.1) is 0 Å². The number of benzene rings is 1. The highest BCUT2D eigenvalue weighted by molar-refractivity contribution is 5.95. The van der Waals surface area contributed by atoms with E-state index in [4.69, 9.17) is 10.4 Å². The molecule has 0 saturated carbocycles. The number of carbonyl (C=O) groups excluding carboxylic acids is 1. The molecule has 1 aromatic carbocycles. The van der Waals surface area contributed by atoms with Crippen molar-refractivity contribution >= 4 is 11.9 Å². The Balaban J connectivity index is 2.16. The topological polar surface area (TPSA) is 81.4 Å². The molecule has 2 rings (SSSR count). The molecule has 0 aliphatic carbocycles. The summed E-state index contributed by atoms with van der Waals surface area (Å²) < 4.78 is 0. The van der Waals surface area contributed by atoms with Crippen molar-refractivity contribution in [1.29, 1.82) is 5.26 Å². The Hall–Kier alpha value is -2.35. The standard InChI is InChI=1S/C14H14N2O3/c1-9-12(14(18)19)6-7-16(9)13(17)11-4-2-10(8-15)3-5-11/h2-5,9,12H,6-7H2,1H3,(H,18,19). The molecule has 1 N–H and O–H groups in total. The van der Waals surface area contributed by atoms with Crippen LogP contribution in [0.25, 0.3) is 0 Å². The van der Waals surface area contributed by atoms with Gasteiger partial charge in [-0.3, -0.25) is 9.59 Å². The van der Waals surface area contributed by atoms with E-state index in [9.17, 15) is 9.59 Å². The highest BCUT2D eigenvalue weighted by Gasteiger charge is 2.38. The third-order valence-electron chi connectivity index (χ3n) is 3.59. The first-order chi connectivity index (χ1) is 9.04. The number of nitriles is 1. The number of nitrogens with zero attached hydrogens (tertiary/aromatic N) is 2. The van der Waals surface area contributed by atoms with Gasteiger partial charge in [0.1, 0.15) is 0 Å². The minimum absolute atomic E-state index is 0.180. The molecule has 98 valence electrons. The summed E-state index contributed by atoms with van der Waals surface area (Å²) in [4.78, 5) is 24.9. The van der Waals surface area contributed by atoms with Gasteiger partial charge in [0, 0.05) is 18.2 Å². The fraction of sp³-hybridized carbons (Fsp3) is 0.357. The Morgan fingerprint density at radius 2 is 2.00 bits per heavy atom. The van der Waals surface area contributed by atoms with Crippen molar-refractivity contribution in [3.05, 3.63) is 35.4 Å². The minimum atomic E-state index is -0.859. The third-order valence-corrected chi connectivity index (χ3v) is 3.59. The van der Waals surface area contributed by atoms with Crippen molar-refractivity contribution < 1.29 is 14.7 Å². The second-order valence-corrected chi connectivity index (χ2v) is 4.66. The lowest BCUT2D eigenvalue weighted by molar-refractivity contribution is -0.142. The van der Waals surface area contributed by atoms with Crippen molar-refractivity contribution in [3.8, 4) is 6.07 Å². The number of amides is 1. The smallest absolute Gasteiger partial charge is 0.308 e. The first-order valence-electron chi connectivity index (χ1n) is 6.08. The van der Waals surface area contributed by atoms with Crippen molar-refractivity contribution in [3.63, 3.8) is 0 Å². The molecule has 5 heteroatoms. The van der Waals surface area contributed by atoms with Crippen molar-refractivity contribution in [2.24, 2.45) is 5.92 Å². The van der Waals surface area contributed by atoms with E-state index in [-0.39, 0.29) is 11.9 Å². The van der Waals surface area contributed by atoms with Crippen LogP contribution < -0.4 is 0 Å². The monoisotopic (exact) mass is 258 g/mol. The maximum atomic E-state index is 12.3. The Bertz CT molecular complexity index is 545. The quantitative estimate of drug-likeness (QED) is 0.871. The van der Waals surface area contributed by atoms with Crippen LogP contribution in [-0.4, -0.2) is 34.5 Å². The summed E-state index contributed by atoms with van der Waals surface area (Å²) in [5.41, 5.74) is 0.978. The SMILES string of the molecule is CC1C(C(=O)O)CCN1C(=O)c1ccc(C#N)cc1. The number of carbonyl (C=O) groups is 2. The second kappa shape index (κ2) is 5.11. The summed E-state index contributed by atoms with van der Waals surface area (Å²) in [5.74, 6) is -1.54. The van der Waals surface area contributed by atoms with Crippen LogP contribution in [0.3, 0.4) is 0 Å². The van der Waals surface area contributed by atoms with Gasteiger partial charge in [-0.2, -0.15) is 5.26 Å². The second-order valence-electron chi connectivity index (χ2n) is 4.66. The highest BCUT2D eigenvalue weighted by Crippen LogP contribution is 2.26. The van der Waals surface area contributed by atoms with Crippen LogP contribution in [0.2, 0.25) is 0 Å². The van der Waals surface area contributed by atoms with Gasteiger partial charge in [-0.05, 0) is 37.6 Å². The molecule has 1 aromatic rings. The van der Waals surface area contributed by atoms with E-state index < -0.39 is 11.9 Å². The van der Waals surface area contributed by atoms with Gasteiger partial charge < -0.3 is 10.0 Å². The Morgan fingerprint density at radius 3 is 2.47 bits per heavy atom. The van der Waals surface area contributed by atoms with Crippen molar-refractivity contribution in [2.75, 3.05) is 6.54 Å². The van der Waals surface area contributed by atoms with Gasteiger partial charge in [0.25, 0.3) is 5.91 Å². The lowest BCUT2D eigenvalue weighted by Gasteiger charge is -2.23. The normalized spacial score (nSPS) is 22.0. The molecule has 0 bridgehead atoms. The van der Waals surface area contributed by atoms with Crippen molar-refractivity contribution in [1.82, 2.24) is 4.90 Å². The lowest BCUT2D eigenvalue weighted by atomic mass is 10.0. The van der Waals surface area contributed by atoms with Crippen molar-refractivity contribution in [2.45, 2.75) is 19.4 Å². The van der Waals surface area contributed by atoms with Crippen LogP contribution in [0, 0.1) is 17.2 Å². The first kappa shape index (κ1) is 13.1. The largest absolute Gasteiger partial charge is 0.481 e. The van der Waals surface area contributed by atoms with E-state index in [1.807, 2.05) is 6.07 Å². The number of aliphatic carboxylic acids is 1. The van der Waals surface area contributed by atoms with Crippen LogP contribution >= 0.6 is 0 Å². The average molecular weight is 258 g/mol. The zero-order chi connectivity index (χ0) is 14.0. The number of hydrogen-bond acceptors (Lipinski definition) is 3. The molecule has 1 fully saturated rings. The van der Waals surface area contributed by atoms with Gasteiger partial charge in [-0.25, -0.2) is 0 Å². The summed E-state index contributed by atoms with van der Waals surface area (Å²) in [6.07, 6.45) is 0.485. The van der Waals surface area contributed by atoms with Gasteiger partial charge in [0.05, 0.1) is 17.6 Å². The molecule has 1 amide bonds. The Kier molecular flexibility index (Phi) is 3.52. The molecule has 0 radical (unpaired) electrons. The Morgan fingerprint density at radius 1 is 1.37 bits per heavy atom. The zero-order valence-electron chi connectivity index (χ0n) is 10.5. The summed E-state index contributed by atoms with van der Waals surface area (Å²) in [6.45, 7) is 2.21. The van der Waals surface area contributed by atoms with E-state index >= 15 is 0 Å². The molecule has 0 spiro atoms. The molecule has 1 aliphatic heterocycles. The molecular formula is C14H14N2O3. The predicted molar refractivity (Wildman–Crippen MR) is 67.4 cm³/mol. The van der Waals surface area contributed by atoms with Crippen LogP contribution in [-0.2, 0) is 4.79 Å². The summed E-state index contributed by atoms with van der Waals surface area (Å²) in [7, 11) is 0. The summed E-state index contributed by atoms with van der Waals surface area (Å²) in [5, 5.41) is 17.8. The number of hydrogen-bond donors (Lipinski definition) is 1. The highest BCUT2D eigenvalue weighted by atomic mass is 16.4. The van der Waals surface area contributed by atoms with Crippen LogP contribution in [0.1, 0.15) is 29.3 Å². The number of rotatable bonds is 2. The maximum absolute atomic E-state index is 12.3. The minimum Gasteiger partial charge on any atom is -0.481 e. The number of likely N-dealkylation sites (tertiary alicyclic amines) is 1. The third kappa shape index (κ3) is 2.43. The molecule has 2 atom stereocenters. The molecule has 5 nitrogen and oxygen atoms in total. The van der Waals surface area contributed by atoms with E-state index in [1.165, 1.54) is 0 Å². The van der Waals surface area contributed by atoms with E-state index in [0.29, 0.717) is 24.1 Å². The molecule has 1 saturated heterocycles. The van der Waals surface area contributed by atoms with Gasteiger partial charge in [0.2, 0.25) is 0 Å². The predicted octanol–water partition coefficient (Wildman–Crippen LogP) is 1.49. The first-order valence-corrected chi connectivity index (χ1v) is 6.08. The summed E-state index contributed by atoms with van der Waals surface area (Å²) in [6, 6.07) is 8.06. The zero-order valence-corrected chi connectivity index (χ0v) is 10.5. The number of carboxylic acid groups (broad SMARTS) is 1. The van der Waals surface area contributed by atoms with Crippen LogP contribution in [0.4, 0.5) is 0 Å². The molecule has 0 aromatic heterocycles. The maximum Gasteiger partial charge on any atom is 0.308 e. The molecule has 2 unspecified atom stereocenters. The number of carboxylic acids is 1. The fourth-order valence-electron chi connectivity index (χ4n) is 2.41. The average Bonchev–Trinajstić information content (AvgIpc) is 2.80. The van der Waals surface area contributed by atoms with E-state index in [2.05, 4.69) is 0 Å². The van der Waals surface area contributed by atoms with Crippen LogP contribution in [0.15, 0.2) is 24.3 Å². The molecular weight excluding hydrogens is 244 g/mol. The molecule has 1 heterocycles. The Labute approximate surface area is 111 Å². The summed E-state index contributed by atoms with van der Waals surface area (Å²) >= 11 is 0.